The van der Waals surface area contributed by atoms with Crippen LogP contribution in [-0.4, -0.2) is 21.6 Å². The number of nitrogens with one attached hydrogen (secondary N) is 1. The van der Waals surface area contributed by atoms with Crippen LogP contribution in [0.4, 0.5) is 0 Å². The molecule has 0 spiro atoms. The summed E-state index contributed by atoms with van der Waals surface area (Å²) in [5.41, 5.74) is 1.42. The monoisotopic (exact) mass is 243 g/mol. The molecule has 1 aromatic heterocycles. The molecule has 1 aromatic carbocycles. The van der Waals surface area contributed by atoms with Gasteiger partial charge in [0.15, 0.2) is 0 Å². The average molecular weight is 243 g/mol. The van der Waals surface area contributed by atoms with E-state index in [-0.39, 0.29) is 11.6 Å². The summed E-state index contributed by atoms with van der Waals surface area (Å²) in [5.74, 6) is 0. The van der Waals surface area contributed by atoms with Crippen LogP contribution >= 0.6 is 0 Å². The zero-order valence-corrected chi connectivity index (χ0v) is 11.3. The first kappa shape index (κ1) is 12.8. The van der Waals surface area contributed by atoms with Crippen molar-refractivity contribution in [3.05, 3.63) is 54.6 Å². The summed E-state index contributed by atoms with van der Waals surface area (Å²) in [6.07, 6.45) is 5.72. The second-order valence-electron chi connectivity index (χ2n) is 5.57. The van der Waals surface area contributed by atoms with Gasteiger partial charge in [-0.1, -0.05) is 30.3 Å². The smallest absolute Gasteiger partial charge is 0.0952 e. The Bertz CT molecular complexity index is 454. The predicted molar refractivity (Wildman–Crippen MR) is 74.6 cm³/mol. The summed E-state index contributed by atoms with van der Waals surface area (Å²) in [4.78, 5) is 4.15. The van der Waals surface area contributed by atoms with Crippen LogP contribution < -0.4 is 5.32 Å². The molecule has 0 saturated carbocycles. The van der Waals surface area contributed by atoms with Gasteiger partial charge in [0.05, 0.1) is 12.4 Å². The van der Waals surface area contributed by atoms with E-state index in [9.17, 15) is 0 Å². The zero-order chi connectivity index (χ0) is 13.0. The number of imidazole rings is 1. The Balaban J connectivity index is 2.19. The standard InChI is InChI=1S/C15H21N3/c1-15(2,3)17-11-14(18-10-9-16-12-18)13-7-5-4-6-8-13/h4-10,12,14,17H,11H2,1-3H3. The van der Waals surface area contributed by atoms with E-state index in [1.54, 1.807) is 0 Å². The quantitative estimate of drug-likeness (QED) is 0.895. The molecule has 0 aliphatic heterocycles. The third-order valence-corrected chi connectivity index (χ3v) is 2.89. The first-order chi connectivity index (χ1) is 8.56. The highest BCUT2D eigenvalue weighted by molar-refractivity contribution is 5.20. The lowest BCUT2D eigenvalue weighted by Gasteiger charge is -2.26. The summed E-state index contributed by atoms with van der Waals surface area (Å²) < 4.78 is 2.15. The Morgan fingerprint density at radius 3 is 2.50 bits per heavy atom. The van der Waals surface area contributed by atoms with E-state index >= 15 is 0 Å². The van der Waals surface area contributed by atoms with E-state index in [1.807, 2.05) is 24.8 Å². The van der Waals surface area contributed by atoms with Crippen LogP contribution in [0.1, 0.15) is 32.4 Å². The van der Waals surface area contributed by atoms with E-state index in [4.69, 9.17) is 0 Å². The van der Waals surface area contributed by atoms with E-state index in [1.165, 1.54) is 5.56 Å². The summed E-state index contributed by atoms with van der Waals surface area (Å²) >= 11 is 0. The predicted octanol–water partition coefficient (Wildman–Crippen LogP) is 2.86. The van der Waals surface area contributed by atoms with Crippen LogP contribution in [0.25, 0.3) is 0 Å². The lowest BCUT2D eigenvalue weighted by molar-refractivity contribution is 0.389. The van der Waals surface area contributed by atoms with Crippen molar-refractivity contribution in [2.45, 2.75) is 32.4 Å². The summed E-state index contributed by atoms with van der Waals surface area (Å²) in [6.45, 7) is 7.44. The van der Waals surface area contributed by atoms with E-state index < -0.39 is 0 Å². The molecular formula is C15H21N3. The van der Waals surface area contributed by atoms with Crippen molar-refractivity contribution in [2.24, 2.45) is 0 Å². The van der Waals surface area contributed by atoms with Crippen LogP contribution in [0.5, 0.6) is 0 Å². The van der Waals surface area contributed by atoms with Gasteiger partial charge in [0, 0.05) is 24.5 Å². The number of benzene rings is 1. The second kappa shape index (κ2) is 5.36. The Kier molecular flexibility index (Phi) is 3.82. The van der Waals surface area contributed by atoms with Gasteiger partial charge in [-0.2, -0.15) is 0 Å². The molecule has 0 aliphatic carbocycles. The summed E-state index contributed by atoms with van der Waals surface area (Å²) in [6, 6.07) is 10.8. The summed E-state index contributed by atoms with van der Waals surface area (Å²) in [7, 11) is 0. The lowest BCUT2D eigenvalue weighted by atomic mass is 10.0. The molecule has 0 bridgehead atoms. The highest BCUT2D eigenvalue weighted by Crippen LogP contribution is 2.18. The first-order valence-electron chi connectivity index (χ1n) is 6.34. The topological polar surface area (TPSA) is 29.9 Å². The number of nitrogens with zero attached hydrogens (tertiary/aromatic N) is 2. The minimum Gasteiger partial charge on any atom is -0.329 e. The highest BCUT2D eigenvalue weighted by atomic mass is 15.1. The maximum absolute atomic E-state index is 4.15. The molecule has 1 N–H and O–H groups in total. The minimum atomic E-state index is 0.119. The molecule has 1 atom stereocenters. The van der Waals surface area contributed by atoms with Gasteiger partial charge in [-0.15, -0.1) is 0 Å². The van der Waals surface area contributed by atoms with E-state index in [0.29, 0.717) is 0 Å². The molecule has 1 unspecified atom stereocenters. The van der Waals surface area contributed by atoms with Crippen LogP contribution in [-0.2, 0) is 0 Å². The van der Waals surface area contributed by atoms with Gasteiger partial charge in [-0.3, -0.25) is 0 Å². The van der Waals surface area contributed by atoms with Crippen molar-refractivity contribution in [1.29, 1.82) is 0 Å². The molecule has 0 fully saturated rings. The fourth-order valence-electron chi connectivity index (χ4n) is 1.93. The van der Waals surface area contributed by atoms with Gasteiger partial charge in [-0.25, -0.2) is 4.98 Å². The van der Waals surface area contributed by atoms with Gasteiger partial charge in [0.25, 0.3) is 0 Å². The highest BCUT2D eigenvalue weighted by Gasteiger charge is 2.16. The molecule has 0 aliphatic rings. The Morgan fingerprint density at radius 2 is 1.94 bits per heavy atom. The fourth-order valence-corrected chi connectivity index (χ4v) is 1.93. The van der Waals surface area contributed by atoms with Crippen molar-refractivity contribution in [2.75, 3.05) is 6.54 Å². The van der Waals surface area contributed by atoms with Gasteiger partial charge >= 0.3 is 0 Å². The van der Waals surface area contributed by atoms with E-state index in [2.05, 4.69) is 59.9 Å². The molecular weight excluding hydrogens is 222 g/mol. The van der Waals surface area contributed by atoms with Gasteiger partial charge < -0.3 is 9.88 Å². The number of aromatic nitrogens is 2. The average Bonchev–Trinajstić information content (AvgIpc) is 2.83. The fraction of sp³-hybridized carbons (Fsp3) is 0.400. The van der Waals surface area contributed by atoms with Crippen LogP contribution in [0.2, 0.25) is 0 Å². The van der Waals surface area contributed by atoms with Crippen molar-refractivity contribution in [3.63, 3.8) is 0 Å². The number of hydrogen-bond acceptors (Lipinski definition) is 2. The molecule has 18 heavy (non-hydrogen) atoms. The largest absolute Gasteiger partial charge is 0.329 e. The molecule has 0 saturated heterocycles. The van der Waals surface area contributed by atoms with Crippen molar-refractivity contribution in [1.82, 2.24) is 14.9 Å². The lowest BCUT2D eigenvalue weighted by Crippen LogP contribution is -2.39. The van der Waals surface area contributed by atoms with Crippen LogP contribution in [0.3, 0.4) is 0 Å². The molecule has 2 rings (SSSR count). The molecule has 1 heterocycles. The third kappa shape index (κ3) is 3.44. The van der Waals surface area contributed by atoms with Gasteiger partial charge in [-0.05, 0) is 26.3 Å². The van der Waals surface area contributed by atoms with Gasteiger partial charge in [0.1, 0.15) is 0 Å². The van der Waals surface area contributed by atoms with Gasteiger partial charge in [0.2, 0.25) is 0 Å². The number of rotatable bonds is 4. The molecule has 3 nitrogen and oxygen atoms in total. The van der Waals surface area contributed by atoms with Crippen molar-refractivity contribution >= 4 is 0 Å². The molecule has 2 aromatic rings. The number of hydrogen-bond donors (Lipinski definition) is 1. The maximum Gasteiger partial charge on any atom is 0.0952 e. The molecule has 0 radical (unpaired) electrons. The minimum absolute atomic E-state index is 0.119. The van der Waals surface area contributed by atoms with Crippen molar-refractivity contribution in [3.8, 4) is 0 Å². The maximum atomic E-state index is 4.15. The Labute approximate surface area is 109 Å². The van der Waals surface area contributed by atoms with Crippen molar-refractivity contribution < 1.29 is 0 Å². The second-order valence-corrected chi connectivity index (χ2v) is 5.57. The Morgan fingerprint density at radius 1 is 1.22 bits per heavy atom. The molecule has 0 amide bonds. The molecule has 96 valence electrons. The molecule has 3 heteroatoms. The third-order valence-electron chi connectivity index (χ3n) is 2.89. The normalized spacial score (nSPS) is 13.5. The van der Waals surface area contributed by atoms with Crippen LogP contribution in [0, 0.1) is 0 Å². The Hall–Kier alpha value is -1.61. The SMILES string of the molecule is CC(C)(C)NCC(c1ccccc1)n1ccnc1. The first-order valence-corrected chi connectivity index (χ1v) is 6.34. The zero-order valence-electron chi connectivity index (χ0n) is 11.3. The van der Waals surface area contributed by atoms with Crippen LogP contribution in [0.15, 0.2) is 49.1 Å². The summed E-state index contributed by atoms with van der Waals surface area (Å²) in [5, 5.41) is 3.56. The van der Waals surface area contributed by atoms with E-state index in [0.717, 1.165) is 6.54 Å².